The predicted molar refractivity (Wildman–Crippen MR) is 162 cm³/mol. The summed E-state index contributed by atoms with van der Waals surface area (Å²) in [6.45, 7) is 3.21. The van der Waals surface area contributed by atoms with Crippen LogP contribution >= 0.6 is 0 Å². The first-order chi connectivity index (χ1) is 19.8. The van der Waals surface area contributed by atoms with Crippen LogP contribution < -0.4 is 0 Å². The number of rotatable bonds is 6. The van der Waals surface area contributed by atoms with Gasteiger partial charge in [0.2, 0.25) is 6.20 Å². The predicted octanol–water partition coefficient (Wildman–Crippen LogP) is 8.25. The Balaban J connectivity index is 0.000000218. The molecule has 0 saturated carbocycles. The van der Waals surface area contributed by atoms with Gasteiger partial charge in [0.25, 0.3) is 6.20 Å². The Morgan fingerprint density at radius 3 is 2.39 bits per heavy atom. The minimum Gasteiger partial charge on any atom is -0.334 e. The molecule has 0 bridgehead atoms. The standard InChI is InChI=1S/C25H22N3.C11H8N.Ir/c1-2-3-15-26-16-17-27(19-26)21-13-14-23-22-11-7-8-12-24(22)28(25(23)18-21)20-9-5-4-6-10-20;1-2-6-10(7-3-1)11-8-4-5-9-12-11;/h4-12,14,16-18H,2-3,15H2,1H3;1-6,8-9H;/q+1;-1;. The smallest absolute Gasteiger partial charge is 0.334 e. The normalized spacial score (nSPS) is 11.9. The zero-order valence-corrected chi connectivity index (χ0v) is 25.3. The number of hydrogen-bond donors (Lipinski definition) is 0. The summed E-state index contributed by atoms with van der Waals surface area (Å²) in [5.74, 6) is 0. The molecule has 0 atom stereocenters. The van der Waals surface area contributed by atoms with Crippen molar-refractivity contribution < 1.29 is 29.3 Å². The van der Waals surface area contributed by atoms with Crippen LogP contribution in [0.1, 0.15) is 19.8 Å². The molecule has 0 N–H and O–H groups in total. The molecule has 0 unspecified atom stereocenters. The maximum atomic E-state index is 4.22. The van der Waals surface area contributed by atoms with Gasteiger partial charge in [-0.3, -0.25) is 0 Å². The van der Waals surface area contributed by atoms with Crippen molar-refractivity contribution in [3.05, 3.63) is 140 Å². The summed E-state index contributed by atoms with van der Waals surface area (Å²) in [5.41, 5.74) is 6.58. The molecule has 0 amide bonds. The van der Waals surface area contributed by atoms with E-state index >= 15 is 0 Å². The molecule has 4 nitrogen and oxygen atoms in total. The Kier molecular flexibility index (Phi) is 9.13. The van der Waals surface area contributed by atoms with E-state index in [0.29, 0.717) is 0 Å². The summed E-state index contributed by atoms with van der Waals surface area (Å²) in [4.78, 5) is 4.22. The molecule has 6 aromatic rings. The molecule has 4 aromatic carbocycles. The van der Waals surface area contributed by atoms with Crippen LogP contribution in [0.25, 0.3) is 38.8 Å². The summed E-state index contributed by atoms with van der Waals surface area (Å²) in [6, 6.07) is 47.1. The van der Waals surface area contributed by atoms with Gasteiger partial charge in [-0.1, -0.05) is 77.1 Å². The average Bonchev–Trinajstić information content (AvgIpc) is 3.64. The number of unbranched alkanes of at least 4 members (excludes halogenated alkanes) is 1. The minimum absolute atomic E-state index is 0. The molecule has 0 spiro atoms. The van der Waals surface area contributed by atoms with Gasteiger partial charge in [0.05, 0.1) is 0 Å². The van der Waals surface area contributed by atoms with Crippen LogP contribution in [-0.4, -0.2) is 31.3 Å². The fourth-order valence-corrected chi connectivity index (χ4v) is 4.90. The van der Waals surface area contributed by atoms with Gasteiger partial charge in [0.15, 0.2) is 6.54 Å². The average molecular weight is 711 g/mol. The third kappa shape index (κ3) is 6.19. The van der Waals surface area contributed by atoms with Crippen LogP contribution in [0.15, 0.2) is 128 Å². The second kappa shape index (κ2) is 13.3. The zero-order chi connectivity index (χ0) is 27.1. The number of fused-ring (bicyclic) bond motifs is 3. The molecule has 203 valence electrons. The van der Waals surface area contributed by atoms with Gasteiger partial charge in [-0.05, 0) is 40.9 Å². The Morgan fingerprint density at radius 1 is 0.805 bits per heavy atom. The number of nitrogens with zero attached hydrogens (tertiary/aromatic N) is 4. The third-order valence-corrected chi connectivity index (χ3v) is 6.90. The number of hydrogen-bond acceptors (Lipinski definition) is 1. The first-order valence-corrected chi connectivity index (χ1v) is 13.7. The number of pyridine rings is 1. The summed E-state index contributed by atoms with van der Waals surface area (Å²) in [5, 5.41) is 2.47. The monoisotopic (exact) mass is 711 g/mol. The Morgan fingerprint density at radius 2 is 1.61 bits per heavy atom. The Bertz CT molecular complexity index is 1810. The van der Waals surface area contributed by atoms with E-state index in [-0.39, 0.29) is 20.1 Å². The molecule has 0 fully saturated rings. The van der Waals surface area contributed by atoms with Gasteiger partial charge in [0.1, 0.15) is 5.69 Å². The van der Waals surface area contributed by atoms with E-state index in [2.05, 4.69) is 118 Å². The van der Waals surface area contributed by atoms with Crippen molar-refractivity contribution in [2.75, 3.05) is 6.54 Å². The largest absolute Gasteiger partial charge is 0.493 e. The maximum Gasteiger partial charge on any atom is 0.493 e. The third-order valence-electron chi connectivity index (χ3n) is 6.90. The Labute approximate surface area is 254 Å². The van der Waals surface area contributed by atoms with Crippen molar-refractivity contribution >= 4 is 33.5 Å². The van der Waals surface area contributed by atoms with Crippen LogP contribution in [0.4, 0.5) is 5.69 Å². The van der Waals surface area contributed by atoms with Crippen LogP contribution in [0, 0.1) is 12.1 Å². The molecule has 7 rings (SSSR count). The number of aromatic nitrogens is 2. The molecule has 1 radical (unpaired) electrons. The van der Waals surface area contributed by atoms with E-state index < -0.39 is 0 Å². The van der Waals surface area contributed by atoms with Gasteiger partial charge in [-0.25, -0.2) is 0 Å². The van der Waals surface area contributed by atoms with E-state index in [0.717, 1.165) is 29.9 Å². The minimum atomic E-state index is 0. The fraction of sp³-hybridized carbons (Fsp3) is 0.111. The van der Waals surface area contributed by atoms with Crippen molar-refractivity contribution in [2.45, 2.75) is 19.8 Å². The van der Waals surface area contributed by atoms with E-state index in [1.54, 1.807) is 6.20 Å². The molecular weight excluding hydrogens is 681 g/mol. The zero-order valence-electron chi connectivity index (χ0n) is 22.9. The van der Waals surface area contributed by atoms with Gasteiger partial charge in [0, 0.05) is 43.9 Å². The van der Waals surface area contributed by atoms with E-state index in [4.69, 9.17) is 0 Å². The first-order valence-electron chi connectivity index (χ1n) is 13.7. The van der Waals surface area contributed by atoms with Crippen molar-refractivity contribution in [1.29, 1.82) is 0 Å². The molecule has 2 aromatic heterocycles. The van der Waals surface area contributed by atoms with Crippen LogP contribution in [-0.2, 0) is 20.1 Å². The molecule has 1 aliphatic rings. The summed E-state index contributed by atoms with van der Waals surface area (Å²) >= 11 is 0. The summed E-state index contributed by atoms with van der Waals surface area (Å²) in [6.07, 6.45) is 8.27. The van der Waals surface area contributed by atoms with Gasteiger partial charge in [-0.15, -0.1) is 47.3 Å². The van der Waals surface area contributed by atoms with E-state index in [1.807, 2.05) is 47.0 Å². The van der Waals surface area contributed by atoms with Gasteiger partial charge < -0.3 is 9.55 Å². The molecule has 41 heavy (non-hydrogen) atoms. The van der Waals surface area contributed by atoms with Crippen molar-refractivity contribution in [2.24, 2.45) is 0 Å². The molecular formula is C36H30IrN4. The molecule has 5 heteroatoms. The van der Waals surface area contributed by atoms with Crippen molar-refractivity contribution in [3.63, 3.8) is 0 Å². The molecule has 3 heterocycles. The molecule has 0 aliphatic carbocycles. The topological polar surface area (TPSA) is 23.8 Å². The maximum absolute atomic E-state index is 4.22. The fourth-order valence-electron chi connectivity index (χ4n) is 4.90. The first kappa shape index (κ1) is 28.1. The van der Waals surface area contributed by atoms with E-state index in [9.17, 15) is 0 Å². The van der Waals surface area contributed by atoms with Crippen molar-refractivity contribution in [3.8, 4) is 16.9 Å². The molecule has 0 saturated heterocycles. The number of benzene rings is 4. The van der Waals surface area contributed by atoms with Gasteiger partial charge >= 0.3 is 6.01 Å². The number of para-hydroxylation sites is 2. The van der Waals surface area contributed by atoms with Crippen LogP contribution in [0.5, 0.6) is 0 Å². The summed E-state index contributed by atoms with van der Waals surface area (Å²) in [7, 11) is 0. The van der Waals surface area contributed by atoms with E-state index in [1.165, 1.54) is 33.9 Å². The second-order valence-electron chi connectivity index (χ2n) is 9.61. The van der Waals surface area contributed by atoms with Crippen LogP contribution in [0.3, 0.4) is 0 Å². The quantitative estimate of drug-likeness (QED) is 0.126. The SMILES string of the molecule is CCCC[N+]1=C=[N+](c2[c-]cc3c4ccccc4n(-c4ccccc4)c3c2)C=C1.[Ir].[c-]1ccccc1-c1ccccn1. The summed E-state index contributed by atoms with van der Waals surface area (Å²) < 4.78 is 6.48. The van der Waals surface area contributed by atoms with Crippen LogP contribution in [0.2, 0.25) is 0 Å². The van der Waals surface area contributed by atoms with Gasteiger partial charge in [-0.2, -0.15) is 6.07 Å². The van der Waals surface area contributed by atoms with Crippen molar-refractivity contribution in [1.82, 2.24) is 9.55 Å². The Hall–Kier alpha value is -4.40. The molecule has 1 aliphatic heterocycles. The second-order valence-corrected chi connectivity index (χ2v) is 9.61.